The lowest BCUT2D eigenvalue weighted by atomic mass is 10.0. The number of thiophene rings is 1. The van der Waals surface area contributed by atoms with E-state index in [1.54, 1.807) is 28.9 Å². The van der Waals surface area contributed by atoms with Crippen LogP contribution in [0.4, 0.5) is 10.7 Å². The van der Waals surface area contributed by atoms with Gasteiger partial charge in [-0.1, -0.05) is 6.07 Å². The maximum absolute atomic E-state index is 12.6. The van der Waals surface area contributed by atoms with Gasteiger partial charge in [-0.25, -0.2) is 19.7 Å². The topological polar surface area (TPSA) is 80.2 Å². The third-order valence-electron chi connectivity index (χ3n) is 5.49. The number of likely N-dealkylation sites (tertiary alicyclic amines) is 1. The molecule has 1 saturated heterocycles. The smallest absolute Gasteiger partial charge is 0.410 e. The minimum Gasteiger partial charge on any atom is -0.450 e. The Kier molecular flexibility index (Phi) is 5.87. The van der Waals surface area contributed by atoms with Crippen LogP contribution in [0.25, 0.3) is 21.1 Å². The highest BCUT2D eigenvalue weighted by molar-refractivity contribution is 7.17. The van der Waals surface area contributed by atoms with Crippen LogP contribution in [0.3, 0.4) is 0 Å². The third kappa shape index (κ3) is 4.43. The number of hydrogen-bond donors (Lipinski definition) is 1. The molecule has 9 heteroatoms. The summed E-state index contributed by atoms with van der Waals surface area (Å²) < 4.78 is 5.32. The van der Waals surface area contributed by atoms with E-state index in [-0.39, 0.29) is 12.1 Å². The van der Waals surface area contributed by atoms with Gasteiger partial charge in [-0.05, 0) is 56.5 Å². The Morgan fingerprint density at radius 2 is 2.16 bits per heavy atom. The maximum atomic E-state index is 12.6. The molecule has 7 nitrogen and oxygen atoms in total. The summed E-state index contributed by atoms with van der Waals surface area (Å²) in [7, 11) is 0. The summed E-state index contributed by atoms with van der Waals surface area (Å²) in [6.07, 6.45) is 6.86. The van der Waals surface area contributed by atoms with Gasteiger partial charge in [-0.15, -0.1) is 22.7 Å². The van der Waals surface area contributed by atoms with E-state index in [4.69, 9.17) is 14.7 Å². The number of ether oxygens (including phenoxy) is 1. The summed E-state index contributed by atoms with van der Waals surface area (Å²) in [5, 5.41) is 6.39. The van der Waals surface area contributed by atoms with Crippen molar-refractivity contribution in [3.8, 4) is 21.1 Å². The minimum absolute atomic E-state index is 0.0591. The number of anilines is 1. The van der Waals surface area contributed by atoms with Crippen LogP contribution in [-0.2, 0) is 4.74 Å². The standard InChI is InChI=1S/C22H25N5O2S2/c1-2-29-22(28)27-12-4-3-6-16(27)20-26-18(17-7-5-13-30-17)19(31-20)15-10-11-23-21(25-15)24-14-8-9-14/h5,7,10-11,13-14,16H,2-4,6,8-9,12H2,1H3,(H,23,24,25). The molecule has 31 heavy (non-hydrogen) atoms. The third-order valence-corrected chi connectivity index (χ3v) is 7.54. The molecule has 2 fully saturated rings. The summed E-state index contributed by atoms with van der Waals surface area (Å²) in [6, 6.07) is 6.49. The van der Waals surface area contributed by atoms with E-state index in [0.717, 1.165) is 45.4 Å². The fraction of sp³-hybridized carbons (Fsp3) is 0.455. The average Bonchev–Trinajstić information content (AvgIpc) is 3.27. The molecule has 0 radical (unpaired) electrons. The molecule has 2 aliphatic rings. The van der Waals surface area contributed by atoms with Gasteiger partial charge in [0.25, 0.3) is 0 Å². The van der Waals surface area contributed by atoms with Gasteiger partial charge in [0.15, 0.2) is 0 Å². The van der Waals surface area contributed by atoms with E-state index in [2.05, 4.69) is 21.7 Å². The molecule has 0 spiro atoms. The van der Waals surface area contributed by atoms with Gasteiger partial charge in [0, 0.05) is 18.8 Å². The van der Waals surface area contributed by atoms with Crippen LogP contribution >= 0.6 is 22.7 Å². The molecule has 1 atom stereocenters. The number of nitrogens with one attached hydrogen (secondary N) is 1. The van der Waals surface area contributed by atoms with E-state index in [1.807, 2.05) is 24.0 Å². The van der Waals surface area contributed by atoms with E-state index >= 15 is 0 Å². The Labute approximate surface area is 189 Å². The number of aromatic nitrogens is 3. The zero-order chi connectivity index (χ0) is 21.2. The number of carbonyl (C=O) groups excluding carboxylic acids is 1. The Morgan fingerprint density at radius 1 is 1.26 bits per heavy atom. The van der Waals surface area contributed by atoms with Crippen molar-refractivity contribution in [3.05, 3.63) is 34.8 Å². The first-order valence-electron chi connectivity index (χ1n) is 10.8. The van der Waals surface area contributed by atoms with Gasteiger partial charge >= 0.3 is 6.09 Å². The number of amides is 1. The van der Waals surface area contributed by atoms with Crippen molar-refractivity contribution >= 4 is 34.7 Å². The molecule has 1 unspecified atom stereocenters. The summed E-state index contributed by atoms with van der Waals surface area (Å²) in [5.41, 5.74) is 1.80. The molecule has 162 valence electrons. The van der Waals surface area contributed by atoms with Crippen molar-refractivity contribution in [2.75, 3.05) is 18.5 Å². The Morgan fingerprint density at radius 3 is 2.94 bits per heavy atom. The molecule has 1 N–H and O–H groups in total. The van der Waals surface area contributed by atoms with Crippen LogP contribution in [-0.4, -0.2) is 45.1 Å². The lowest BCUT2D eigenvalue weighted by Crippen LogP contribution is -2.38. The van der Waals surface area contributed by atoms with Crippen molar-refractivity contribution in [3.63, 3.8) is 0 Å². The largest absolute Gasteiger partial charge is 0.450 e. The first kappa shape index (κ1) is 20.4. The molecule has 1 aliphatic heterocycles. The summed E-state index contributed by atoms with van der Waals surface area (Å²) >= 11 is 3.29. The highest BCUT2D eigenvalue weighted by atomic mass is 32.1. The molecule has 4 heterocycles. The van der Waals surface area contributed by atoms with Crippen molar-refractivity contribution < 1.29 is 9.53 Å². The fourth-order valence-electron chi connectivity index (χ4n) is 3.81. The van der Waals surface area contributed by atoms with Gasteiger partial charge in [0.05, 0.1) is 28.1 Å². The lowest BCUT2D eigenvalue weighted by Gasteiger charge is -2.33. The second-order valence-corrected chi connectivity index (χ2v) is 9.77. The number of hydrogen-bond acceptors (Lipinski definition) is 8. The fourth-order valence-corrected chi connectivity index (χ4v) is 5.79. The Balaban J connectivity index is 1.53. The van der Waals surface area contributed by atoms with Gasteiger partial charge in [-0.3, -0.25) is 4.90 Å². The normalized spacial score (nSPS) is 18.7. The van der Waals surface area contributed by atoms with Crippen LogP contribution in [0.1, 0.15) is 50.1 Å². The van der Waals surface area contributed by atoms with Crippen molar-refractivity contribution in [2.24, 2.45) is 0 Å². The minimum atomic E-state index is -0.250. The molecule has 0 aromatic carbocycles. The lowest BCUT2D eigenvalue weighted by molar-refractivity contribution is 0.0766. The first-order valence-corrected chi connectivity index (χ1v) is 12.5. The van der Waals surface area contributed by atoms with E-state index in [9.17, 15) is 4.79 Å². The summed E-state index contributed by atoms with van der Waals surface area (Å²) in [6.45, 7) is 2.93. The monoisotopic (exact) mass is 455 g/mol. The van der Waals surface area contributed by atoms with Gasteiger partial charge in [0.2, 0.25) is 5.95 Å². The molecule has 0 bridgehead atoms. The molecular weight excluding hydrogens is 430 g/mol. The van der Waals surface area contributed by atoms with Crippen molar-refractivity contribution in [2.45, 2.75) is 51.1 Å². The second-order valence-electron chi connectivity index (χ2n) is 7.80. The van der Waals surface area contributed by atoms with E-state index < -0.39 is 0 Å². The van der Waals surface area contributed by atoms with Gasteiger partial charge < -0.3 is 10.1 Å². The maximum Gasteiger partial charge on any atom is 0.410 e. The molecule has 1 amide bonds. The number of piperidine rings is 1. The van der Waals surface area contributed by atoms with Gasteiger partial charge in [-0.2, -0.15) is 0 Å². The predicted molar refractivity (Wildman–Crippen MR) is 123 cm³/mol. The van der Waals surface area contributed by atoms with Crippen LogP contribution < -0.4 is 5.32 Å². The molecule has 3 aromatic rings. The highest BCUT2D eigenvalue weighted by Gasteiger charge is 2.33. The molecule has 5 rings (SSSR count). The van der Waals surface area contributed by atoms with Crippen LogP contribution in [0.2, 0.25) is 0 Å². The zero-order valence-corrected chi connectivity index (χ0v) is 19.0. The molecule has 1 aliphatic carbocycles. The van der Waals surface area contributed by atoms with Crippen LogP contribution in [0.5, 0.6) is 0 Å². The number of rotatable bonds is 6. The van der Waals surface area contributed by atoms with E-state index in [1.165, 1.54) is 12.8 Å². The average molecular weight is 456 g/mol. The van der Waals surface area contributed by atoms with Crippen molar-refractivity contribution in [1.82, 2.24) is 19.9 Å². The molecular formula is C22H25N5O2S2. The SMILES string of the molecule is CCOC(=O)N1CCCCC1c1nc(-c2cccs2)c(-c2ccnc(NC3CC3)n2)s1. The zero-order valence-electron chi connectivity index (χ0n) is 17.4. The Hall–Kier alpha value is -2.52. The predicted octanol–water partition coefficient (Wildman–Crippen LogP) is 5.59. The highest BCUT2D eigenvalue weighted by Crippen LogP contribution is 2.43. The number of thiazole rings is 1. The molecule has 3 aromatic heterocycles. The Bertz CT molecular complexity index is 1050. The number of carbonyl (C=O) groups is 1. The summed E-state index contributed by atoms with van der Waals surface area (Å²) in [5.74, 6) is 0.665. The van der Waals surface area contributed by atoms with Crippen LogP contribution in [0.15, 0.2) is 29.8 Å². The first-order chi connectivity index (χ1) is 15.2. The van der Waals surface area contributed by atoms with Gasteiger partial charge in [0.1, 0.15) is 10.7 Å². The molecule has 1 saturated carbocycles. The van der Waals surface area contributed by atoms with Crippen LogP contribution in [0, 0.1) is 0 Å². The quantitative estimate of drug-likeness (QED) is 0.522. The second kappa shape index (κ2) is 8.92. The summed E-state index contributed by atoms with van der Waals surface area (Å²) in [4.78, 5) is 30.8. The van der Waals surface area contributed by atoms with Crippen molar-refractivity contribution in [1.29, 1.82) is 0 Å². The number of nitrogens with zero attached hydrogens (tertiary/aromatic N) is 4. The van der Waals surface area contributed by atoms with E-state index in [0.29, 0.717) is 25.1 Å².